The molecule has 1 saturated carbocycles. The lowest BCUT2D eigenvalue weighted by Crippen LogP contribution is -2.36. The van der Waals surface area contributed by atoms with Gasteiger partial charge in [-0.3, -0.25) is 4.79 Å². The van der Waals surface area contributed by atoms with Crippen LogP contribution in [0.5, 0.6) is 0 Å². The van der Waals surface area contributed by atoms with E-state index in [-0.39, 0.29) is 0 Å². The van der Waals surface area contributed by atoms with Crippen molar-refractivity contribution in [1.82, 2.24) is 10.2 Å². The molecule has 0 aromatic carbocycles. The molecule has 1 atom stereocenters. The fourth-order valence-corrected chi connectivity index (χ4v) is 3.87. The second kappa shape index (κ2) is 8.02. The normalized spacial score (nSPS) is 23.5. The van der Waals surface area contributed by atoms with Crippen molar-refractivity contribution in [3.63, 3.8) is 0 Å². The average Bonchev–Trinajstić information content (AvgIpc) is 2.49. The zero-order valence-electron chi connectivity index (χ0n) is 13.4. The Hall–Kier alpha value is -0.570. The van der Waals surface area contributed by atoms with E-state index < -0.39 is 0 Å². The molecule has 1 aliphatic carbocycles. The molecule has 116 valence electrons. The average molecular weight is 280 g/mol. The molecule has 3 heteroatoms. The predicted molar refractivity (Wildman–Crippen MR) is 83.6 cm³/mol. The topological polar surface area (TPSA) is 32.3 Å². The van der Waals surface area contributed by atoms with E-state index in [9.17, 15) is 4.79 Å². The second-order valence-electron chi connectivity index (χ2n) is 7.05. The zero-order chi connectivity index (χ0) is 14.4. The first-order valence-corrected chi connectivity index (χ1v) is 8.61. The van der Waals surface area contributed by atoms with E-state index >= 15 is 0 Å². The number of carbonyl (C=O) groups excluding carboxylic acids is 1. The summed E-state index contributed by atoms with van der Waals surface area (Å²) < 4.78 is 0. The third-order valence-electron chi connectivity index (χ3n) is 5.37. The van der Waals surface area contributed by atoms with Crippen LogP contribution in [0.3, 0.4) is 0 Å². The van der Waals surface area contributed by atoms with Crippen molar-refractivity contribution in [2.24, 2.45) is 17.8 Å². The van der Waals surface area contributed by atoms with Gasteiger partial charge in [0.25, 0.3) is 0 Å². The minimum atomic E-state index is 0.363. The summed E-state index contributed by atoms with van der Waals surface area (Å²) in [6.07, 6.45) is 9.97. The highest BCUT2D eigenvalue weighted by atomic mass is 16.2. The van der Waals surface area contributed by atoms with Crippen LogP contribution < -0.4 is 5.32 Å². The molecule has 0 aromatic heterocycles. The van der Waals surface area contributed by atoms with Crippen molar-refractivity contribution in [2.45, 2.75) is 58.3 Å². The van der Waals surface area contributed by atoms with Crippen LogP contribution in [0.15, 0.2) is 0 Å². The first kappa shape index (κ1) is 15.8. The van der Waals surface area contributed by atoms with Crippen LogP contribution in [0.2, 0.25) is 0 Å². The van der Waals surface area contributed by atoms with Gasteiger partial charge in [-0.05, 0) is 56.5 Å². The number of amides is 1. The Morgan fingerprint density at radius 2 is 1.80 bits per heavy atom. The minimum Gasteiger partial charge on any atom is -0.345 e. The van der Waals surface area contributed by atoms with E-state index in [4.69, 9.17) is 0 Å². The number of piperidine rings is 1. The molecule has 2 fully saturated rings. The third-order valence-corrected chi connectivity index (χ3v) is 5.37. The number of hydrogen-bond donors (Lipinski definition) is 1. The summed E-state index contributed by atoms with van der Waals surface area (Å²) in [5.74, 6) is 2.40. The fraction of sp³-hybridized carbons (Fsp3) is 0.941. The molecule has 0 aromatic rings. The second-order valence-corrected chi connectivity index (χ2v) is 7.05. The number of rotatable bonds is 5. The van der Waals surface area contributed by atoms with Crippen molar-refractivity contribution >= 4 is 5.91 Å². The first-order chi connectivity index (χ1) is 9.66. The summed E-state index contributed by atoms with van der Waals surface area (Å²) in [7, 11) is 2.01. The number of carbonyl (C=O) groups is 1. The highest BCUT2D eigenvalue weighted by Crippen LogP contribution is 2.26. The number of hydrogen-bond acceptors (Lipinski definition) is 2. The van der Waals surface area contributed by atoms with Gasteiger partial charge >= 0.3 is 0 Å². The standard InChI is InChI=1S/C17H32N2O/c1-14(16-8-10-18-11-9-16)12-17(20)19(2)13-15-6-4-3-5-7-15/h14-16,18H,3-13H2,1-2H3. The zero-order valence-corrected chi connectivity index (χ0v) is 13.4. The molecule has 1 unspecified atom stereocenters. The molecule has 0 radical (unpaired) electrons. The molecular formula is C17H32N2O. The lowest BCUT2D eigenvalue weighted by molar-refractivity contribution is -0.132. The predicted octanol–water partition coefficient (Wildman–Crippen LogP) is 3.05. The molecule has 1 amide bonds. The summed E-state index contributed by atoms with van der Waals surface area (Å²) in [4.78, 5) is 14.4. The van der Waals surface area contributed by atoms with Crippen LogP contribution in [-0.2, 0) is 4.79 Å². The maximum absolute atomic E-state index is 12.4. The SMILES string of the molecule is CC(CC(=O)N(C)CC1CCCCC1)C1CCNCC1. The van der Waals surface area contributed by atoms with Crippen molar-refractivity contribution in [3.8, 4) is 0 Å². The van der Waals surface area contributed by atoms with Crippen molar-refractivity contribution in [1.29, 1.82) is 0 Å². The Bertz CT molecular complexity index is 293. The van der Waals surface area contributed by atoms with Gasteiger partial charge in [-0.1, -0.05) is 26.2 Å². The fourth-order valence-electron chi connectivity index (χ4n) is 3.87. The van der Waals surface area contributed by atoms with E-state index in [1.54, 1.807) is 0 Å². The van der Waals surface area contributed by atoms with Crippen LogP contribution in [0.4, 0.5) is 0 Å². The van der Waals surface area contributed by atoms with E-state index in [2.05, 4.69) is 12.2 Å². The molecule has 1 heterocycles. The monoisotopic (exact) mass is 280 g/mol. The Morgan fingerprint density at radius 3 is 2.45 bits per heavy atom. The van der Waals surface area contributed by atoms with Gasteiger partial charge < -0.3 is 10.2 Å². The van der Waals surface area contributed by atoms with Crippen LogP contribution in [0.25, 0.3) is 0 Å². The lowest BCUT2D eigenvalue weighted by Gasteiger charge is -2.31. The third kappa shape index (κ3) is 4.76. The molecule has 20 heavy (non-hydrogen) atoms. The highest BCUT2D eigenvalue weighted by molar-refractivity contribution is 5.76. The smallest absolute Gasteiger partial charge is 0.222 e. The molecule has 1 saturated heterocycles. The van der Waals surface area contributed by atoms with Gasteiger partial charge in [0.05, 0.1) is 0 Å². The Labute approximate surface area is 124 Å². The van der Waals surface area contributed by atoms with Gasteiger partial charge in [-0.25, -0.2) is 0 Å². The van der Waals surface area contributed by atoms with Crippen molar-refractivity contribution < 1.29 is 4.79 Å². The molecular weight excluding hydrogens is 248 g/mol. The summed E-state index contributed by atoms with van der Waals surface area (Å²) in [6.45, 7) is 5.50. The molecule has 0 bridgehead atoms. The number of nitrogens with zero attached hydrogens (tertiary/aromatic N) is 1. The molecule has 2 rings (SSSR count). The van der Waals surface area contributed by atoms with Gasteiger partial charge in [0.2, 0.25) is 5.91 Å². The summed E-state index contributed by atoms with van der Waals surface area (Å²) in [6, 6.07) is 0. The van der Waals surface area contributed by atoms with Gasteiger partial charge in [0, 0.05) is 20.0 Å². The largest absolute Gasteiger partial charge is 0.345 e. The van der Waals surface area contributed by atoms with E-state index in [1.165, 1.54) is 44.9 Å². The van der Waals surface area contributed by atoms with Gasteiger partial charge in [0.1, 0.15) is 0 Å². The minimum absolute atomic E-state index is 0.363. The van der Waals surface area contributed by atoms with Crippen molar-refractivity contribution in [2.75, 3.05) is 26.7 Å². The van der Waals surface area contributed by atoms with Crippen LogP contribution in [0, 0.1) is 17.8 Å². The molecule has 2 aliphatic rings. The first-order valence-electron chi connectivity index (χ1n) is 8.61. The van der Waals surface area contributed by atoms with Crippen LogP contribution in [0.1, 0.15) is 58.3 Å². The van der Waals surface area contributed by atoms with Crippen LogP contribution in [-0.4, -0.2) is 37.5 Å². The maximum Gasteiger partial charge on any atom is 0.222 e. The summed E-state index contributed by atoms with van der Waals surface area (Å²) >= 11 is 0. The highest BCUT2D eigenvalue weighted by Gasteiger charge is 2.24. The molecule has 3 nitrogen and oxygen atoms in total. The Balaban J connectivity index is 1.71. The van der Waals surface area contributed by atoms with E-state index in [1.807, 2.05) is 11.9 Å². The van der Waals surface area contributed by atoms with E-state index in [0.29, 0.717) is 11.8 Å². The Kier molecular flexibility index (Phi) is 6.34. The summed E-state index contributed by atoms with van der Waals surface area (Å²) in [5, 5.41) is 3.40. The van der Waals surface area contributed by atoms with Gasteiger partial charge in [-0.15, -0.1) is 0 Å². The quantitative estimate of drug-likeness (QED) is 0.839. The maximum atomic E-state index is 12.4. The molecule has 1 N–H and O–H groups in total. The van der Waals surface area contributed by atoms with E-state index in [0.717, 1.165) is 37.9 Å². The molecule has 1 aliphatic heterocycles. The van der Waals surface area contributed by atoms with Crippen molar-refractivity contribution in [3.05, 3.63) is 0 Å². The van der Waals surface area contributed by atoms with Gasteiger partial charge in [-0.2, -0.15) is 0 Å². The van der Waals surface area contributed by atoms with Crippen LogP contribution >= 0.6 is 0 Å². The molecule has 0 spiro atoms. The lowest BCUT2D eigenvalue weighted by atomic mass is 9.83. The number of nitrogens with one attached hydrogen (secondary N) is 1. The van der Waals surface area contributed by atoms with Gasteiger partial charge in [0.15, 0.2) is 0 Å². The Morgan fingerprint density at radius 1 is 1.15 bits per heavy atom. The summed E-state index contributed by atoms with van der Waals surface area (Å²) in [5.41, 5.74) is 0.